The summed E-state index contributed by atoms with van der Waals surface area (Å²) in [5, 5.41) is 2.55. The molecule has 3 aromatic rings. The zero-order chi connectivity index (χ0) is 21.1. The van der Waals surface area contributed by atoms with Crippen LogP contribution in [0.3, 0.4) is 0 Å². The van der Waals surface area contributed by atoms with Crippen LogP contribution in [0.1, 0.15) is 22.6 Å². The number of methoxy groups -OCH3 is 1. The molecule has 154 valence electrons. The van der Waals surface area contributed by atoms with Gasteiger partial charge in [-0.1, -0.05) is 30.3 Å². The first-order chi connectivity index (χ1) is 14.5. The molecule has 2 heterocycles. The van der Waals surface area contributed by atoms with E-state index in [1.54, 1.807) is 19.2 Å². The number of rotatable bonds is 4. The number of nitrogens with zero attached hydrogens (tertiary/aromatic N) is 2. The normalized spacial score (nSPS) is 12.9. The second-order valence-electron chi connectivity index (χ2n) is 7.01. The van der Waals surface area contributed by atoms with E-state index in [0.29, 0.717) is 36.5 Å². The fourth-order valence-electron chi connectivity index (χ4n) is 3.52. The number of benzene rings is 2. The van der Waals surface area contributed by atoms with Crippen molar-refractivity contribution in [1.29, 1.82) is 0 Å². The number of hydrogen-bond donors (Lipinski definition) is 2. The van der Waals surface area contributed by atoms with Gasteiger partial charge in [-0.25, -0.2) is 14.2 Å². The summed E-state index contributed by atoms with van der Waals surface area (Å²) < 4.78 is 19.2. The van der Waals surface area contributed by atoms with Crippen LogP contribution < -0.4 is 15.6 Å². The number of aromatic amines is 1. The Hall–Kier alpha value is -3.68. The third-order valence-electron chi connectivity index (χ3n) is 5.07. The first-order valence-corrected chi connectivity index (χ1v) is 9.58. The number of carbonyl (C=O) groups is 1. The van der Waals surface area contributed by atoms with Crippen molar-refractivity contribution in [3.8, 4) is 5.75 Å². The lowest BCUT2D eigenvalue weighted by molar-refractivity contribution is 0.205. The standard InChI is InChI=1S/C22H21FN4O3/c1-30-19-9-5-2-6-14(19)12-20-24-17-10-11-27(13-15(17)21(28)26-20)22(29)25-18-8-4-3-7-16(18)23/h2-9H,10-13H2,1H3,(H,25,29)(H,24,26,28). The summed E-state index contributed by atoms with van der Waals surface area (Å²) in [6, 6.07) is 13.1. The first kappa shape index (κ1) is 19.6. The van der Waals surface area contributed by atoms with Crippen molar-refractivity contribution in [2.45, 2.75) is 19.4 Å². The zero-order valence-corrected chi connectivity index (χ0v) is 16.4. The van der Waals surface area contributed by atoms with Crippen LogP contribution in [0, 0.1) is 5.82 Å². The van der Waals surface area contributed by atoms with Crippen molar-refractivity contribution in [2.24, 2.45) is 0 Å². The van der Waals surface area contributed by atoms with E-state index in [4.69, 9.17) is 4.74 Å². The van der Waals surface area contributed by atoms with E-state index in [-0.39, 0.29) is 17.8 Å². The number of hydrogen-bond acceptors (Lipinski definition) is 4. The minimum absolute atomic E-state index is 0.104. The lowest BCUT2D eigenvalue weighted by Crippen LogP contribution is -2.42. The summed E-state index contributed by atoms with van der Waals surface area (Å²) in [5.74, 6) is 0.769. The Morgan fingerprint density at radius 1 is 1.23 bits per heavy atom. The second kappa shape index (κ2) is 8.36. The van der Waals surface area contributed by atoms with Crippen molar-refractivity contribution in [3.63, 3.8) is 0 Å². The van der Waals surface area contributed by atoms with E-state index >= 15 is 0 Å². The van der Waals surface area contributed by atoms with Crippen LogP contribution in [0.4, 0.5) is 14.9 Å². The van der Waals surface area contributed by atoms with Gasteiger partial charge < -0.3 is 19.9 Å². The van der Waals surface area contributed by atoms with Crippen LogP contribution in [0.25, 0.3) is 0 Å². The number of halogens is 1. The smallest absolute Gasteiger partial charge is 0.322 e. The summed E-state index contributed by atoms with van der Waals surface area (Å²) in [6.45, 7) is 0.505. The lowest BCUT2D eigenvalue weighted by atomic mass is 10.1. The third kappa shape index (κ3) is 4.03. The van der Waals surface area contributed by atoms with Crippen LogP contribution >= 0.6 is 0 Å². The highest BCUT2D eigenvalue weighted by Crippen LogP contribution is 2.21. The summed E-state index contributed by atoms with van der Waals surface area (Å²) >= 11 is 0. The first-order valence-electron chi connectivity index (χ1n) is 9.58. The Bertz CT molecular complexity index is 1150. The van der Waals surface area contributed by atoms with Gasteiger partial charge in [0.2, 0.25) is 0 Å². The van der Waals surface area contributed by atoms with E-state index in [1.807, 2.05) is 24.3 Å². The number of H-pyrrole nitrogens is 1. The molecule has 0 aliphatic carbocycles. The number of amides is 2. The minimum atomic E-state index is -0.510. The van der Waals surface area contributed by atoms with Crippen molar-refractivity contribution in [3.05, 3.63) is 87.3 Å². The molecule has 2 N–H and O–H groups in total. The highest BCUT2D eigenvalue weighted by molar-refractivity contribution is 5.89. The fraction of sp³-hybridized carbons (Fsp3) is 0.227. The topological polar surface area (TPSA) is 87.3 Å². The van der Waals surface area contributed by atoms with Crippen LogP contribution in [0.15, 0.2) is 53.3 Å². The maximum absolute atomic E-state index is 13.8. The van der Waals surface area contributed by atoms with Gasteiger partial charge in [0.15, 0.2) is 0 Å². The Morgan fingerprint density at radius 3 is 2.80 bits per heavy atom. The molecule has 2 aromatic carbocycles. The maximum Gasteiger partial charge on any atom is 0.322 e. The van der Waals surface area contributed by atoms with E-state index in [0.717, 1.165) is 11.3 Å². The summed E-state index contributed by atoms with van der Waals surface area (Å²) in [4.78, 5) is 34.1. The molecule has 0 atom stereocenters. The van der Waals surface area contributed by atoms with Crippen molar-refractivity contribution < 1.29 is 13.9 Å². The summed E-state index contributed by atoms with van der Waals surface area (Å²) in [7, 11) is 1.60. The van der Waals surface area contributed by atoms with Crippen LogP contribution in [0.2, 0.25) is 0 Å². The number of nitrogens with one attached hydrogen (secondary N) is 2. The molecule has 7 nitrogen and oxygen atoms in total. The average molecular weight is 408 g/mol. The molecule has 4 rings (SSSR count). The molecule has 1 aliphatic heterocycles. The van der Waals surface area contributed by atoms with Crippen LogP contribution in [-0.2, 0) is 19.4 Å². The molecule has 0 fully saturated rings. The highest BCUT2D eigenvalue weighted by atomic mass is 19.1. The number of carbonyl (C=O) groups excluding carboxylic acids is 1. The maximum atomic E-state index is 13.8. The molecule has 0 saturated heterocycles. The molecule has 1 aromatic heterocycles. The molecule has 8 heteroatoms. The average Bonchev–Trinajstić information content (AvgIpc) is 2.75. The number of anilines is 1. The molecule has 0 radical (unpaired) electrons. The summed E-state index contributed by atoms with van der Waals surface area (Å²) in [6.07, 6.45) is 0.882. The highest BCUT2D eigenvalue weighted by Gasteiger charge is 2.25. The van der Waals surface area contributed by atoms with Gasteiger partial charge in [-0.2, -0.15) is 0 Å². The number of urea groups is 1. The zero-order valence-electron chi connectivity index (χ0n) is 16.4. The molecule has 0 spiro atoms. The Kier molecular flexibility index (Phi) is 5.47. The van der Waals surface area contributed by atoms with Crippen molar-refractivity contribution >= 4 is 11.7 Å². The second-order valence-corrected chi connectivity index (χ2v) is 7.01. The van der Waals surface area contributed by atoms with Gasteiger partial charge >= 0.3 is 6.03 Å². The van der Waals surface area contributed by atoms with Crippen molar-refractivity contribution in [1.82, 2.24) is 14.9 Å². The molecule has 0 bridgehead atoms. The quantitative estimate of drug-likeness (QED) is 0.695. The van der Waals surface area contributed by atoms with Crippen LogP contribution in [0.5, 0.6) is 5.75 Å². The number of ether oxygens (including phenoxy) is 1. The van der Waals surface area contributed by atoms with Gasteiger partial charge in [0.1, 0.15) is 17.4 Å². The molecule has 0 saturated carbocycles. The number of fused-ring (bicyclic) bond motifs is 1. The molecular weight excluding hydrogens is 387 g/mol. The molecule has 30 heavy (non-hydrogen) atoms. The van der Waals surface area contributed by atoms with E-state index in [1.165, 1.54) is 17.0 Å². The molecule has 1 aliphatic rings. The van der Waals surface area contributed by atoms with E-state index in [2.05, 4.69) is 15.3 Å². The SMILES string of the molecule is COc1ccccc1Cc1nc2c(c(=O)[nH]1)CN(C(=O)Nc1ccccc1F)CC2. The van der Waals surface area contributed by atoms with E-state index < -0.39 is 11.8 Å². The van der Waals surface area contributed by atoms with Gasteiger partial charge in [-0.05, 0) is 18.2 Å². The van der Waals surface area contributed by atoms with E-state index in [9.17, 15) is 14.0 Å². The predicted octanol–water partition coefficient (Wildman–Crippen LogP) is 3.10. The fourth-order valence-corrected chi connectivity index (χ4v) is 3.52. The molecular formula is C22H21FN4O3. The summed E-state index contributed by atoms with van der Waals surface area (Å²) in [5.41, 5.74) is 1.89. The Balaban J connectivity index is 1.51. The van der Waals surface area contributed by atoms with Crippen LogP contribution in [-0.4, -0.2) is 34.6 Å². The Morgan fingerprint density at radius 2 is 2.00 bits per heavy atom. The predicted molar refractivity (Wildman–Crippen MR) is 110 cm³/mol. The molecule has 0 unspecified atom stereocenters. The third-order valence-corrected chi connectivity index (χ3v) is 5.07. The lowest BCUT2D eigenvalue weighted by Gasteiger charge is -2.28. The number of para-hydroxylation sites is 2. The number of aromatic nitrogens is 2. The minimum Gasteiger partial charge on any atom is -0.496 e. The monoisotopic (exact) mass is 408 g/mol. The van der Waals surface area contributed by atoms with Gasteiger partial charge in [0.25, 0.3) is 5.56 Å². The van der Waals surface area contributed by atoms with Crippen molar-refractivity contribution in [2.75, 3.05) is 19.0 Å². The Labute approximate surface area is 172 Å². The largest absolute Gasteiger partial charge is 0.496 e. The van der Waals surface area contributed by atoms with Gasteiger partial charge in [0, 0.05) is 24.9 Å². The van der Waals surface area contributed by atoms with Gasteiger partial charge in [-0.3, -0.25) is 4.79 Å². The molecule has 2 amide bonds. The van der Waals surface area contributed by atoms with Gasteiger partial charge in [-0.15, -0.1) is 0 Å². The van der Waals surface area contributed by atoms with Gasteiger partial charge in [0.05, 0.1) is 30.6 Å².